The van der Waals surface area contributed by atoms with Crippen LogP contribution in [0.15, 0.2) is 24.3 Å². The molecule has 1 atom stereocenters. The number of piperidine rings is 1. The van der Waals surface area contributed by atoms with Gasteiger partial charge in [0.1, 0.15) is 0 Å². The van der Waals surface area contributed by atoms with Crippen molar-refractivity contribution in [2.75, 3.05) is 26.2 Å². The molecule has 2 nitrogen and oxygen atoms in total. The van der Waals surface area contributed by atoms with E-state index in [1.165, 1.54) is 38.0 Å². The van der Waals surface area contributed by atoms with Crippen LogP contribution in [0.25, 0.3) is 0 Å². The number of hydrogen-bond donors (Lipinski definition) is 1. The van der Waals surface area contributed by atoms with Crippen LogP contribution in [0.1, 0.15) is 32.3 Å². The summed E-state index contributed by atoms with van der Waals surface area (Å²) in [4.78, 5) is 2.63. The Kier molecular flexibility index (Phi) is 6.34. The second-order valence-electron chi connectivity index (χ2n) is 5.96. The van der Waals surface area contributed by atoms with E-state index in [1.807, 2.05) is 12.1 Å². The Morgan fingerprint density at radius 1 is 1.25 bits per heavy atom. The Labute approximate surface area is 128 Å². The number of hydrogen-bond acceptors (Lipinski definition) is 2. The van der Waals surface area contributed by atoms with E-state index < -0.39 is 0 Å². The maximum absolute atomic E-state index is 5.95. The summed E-state index contributed by atoms with van der Waals surface area (Å²) in [7, 11) is 0. The highest BCUT2D eigenvalue weighted by molar-refractivity contribution is 6.30. The monoisotopic (exact) mass is 294 g/mol. The molecule has 0 radical (unpaired) electrons. The standard InChI is InChI=1S/C17H27ClN2/c1-3-20(13-16-8-10-19-11-9-16)14(2)12-15-4-6-17(18)7-5-15/h4-7,14,16,19H,3,8-13H2,1-2H3. The third kappa shape index (κ3) is 4.76. The van der Waals surface area contributed by atoms with Crippen LogP contribution in [0.5, 0.6) is 0 Å². The van der Waals surface area contributed by atoms with Crippen LogP contribution in [0, 0.1) is 5.92 Å². The van der Waals surface area contributed by atoms with Gasteiger partial charge in [0.15, 0.2) is 0 Å². The van der Waals surface area contributed by atoms with Gasteiger partial charge in [-0.05, 0) is 69.4 Å². The molecule has 1 unspecified atom stereocenters. The Morgan fingerprint density at radius 2 is 1.90 bits per heavy atom. The minimum Gasteiger partial charge on any atom is -0.317 e. The maximum Gasteiger partial charge on any atom is 0.0406 e. The number of likely N-dealkylation sites (N-methyl/N-ethyl adjacent to an activating group) is 1. The highest BCUT2D eigenvalue weighted by Crippen LogP contribution is 2.17. The van der Waals surface area contributed by atoms with Gasteiger partial charge in [-0.25, -0.2) is 0 Å². The van der Waals surface area contributed by atoms with Gasteiger partial charge in [0.05, 0.1) is 0 Å². The summed E-state index contributed by atoms with van der Waals surface area (Å²) in [5, 5.41) is 4.27. The molecule has 1 saturated heterocycles. The zero-order valence-corrected chi connectivity index (χ0v) is 13.5. The smallest absolute Gasteiger partial charge is 0.0406 e. The van der Waals surface area contributed by atoms with E-state index >= 15 is 0 Å². The van der Waals surface area contributed by atoms with Gasteiger partial charge in [0.25, 0.3) is 0 Å². The van der Waals surface area contributed by atoms with E-state index in [-0.39, 0.29) is 0 Å². The Morgan fingerprint density at radius 3 is 2.50 bits per heavy atom. The molecule has 3 heteroatoms. The van der Waals surface area contributed by atoms with Gasteiger partial charge in [-0.1, -0.05) is 30.7 Å². The topological polar surface area (TPSA) is 15.3 Å². The van der Waals surface area contributed by atoms with Gasteiger partial charge in [0, 0.05) is 17.6 Å². The van der Waals surface area contributed by atoms with Crippen molar-refractivity contribution in [3.05, 3.63) is 34.9 Å². The molecule has 20 heavy (non-hydrogen) atoms. The zero-order valence-electron chi connectivity index (χ0n) is 12.7. The summed E-state index contributed by atoms with van der Waals surface area (Å²) in [6, 6.07) is 8.88. The minimum atomic E-state index is 0.594. The molecule has 1 heterocycles. The predicted molar refractivity (Wildman–Crippen MR) is 87.5 cm³/mol. The van der Waals surface area contributed by atoms with Gasteiger partial charge in [0.2, 0.25) is 0 Å². The summed E-state index contributed by atoms with van der Waals surface area (Å²) in [6.45, 7) is 9.38. The molecule has 0 amide bonds. The first-order valence-electron chi connectivity index (χ1n) is 7.88. The first-order chi connectivity index (χ1) is 9.69. The van der Waals surface area contributed by atoms with E-state index in [4.69, 9.17) is 11.6 Å². The highest BCUT2D eigenvalue weighted by Gasteiger charge is 2.19. The fraction of sp³-hybridized carbons (Fsp3) is 0.647. The van der Waals surface area contributed by atoms with Crippen molar-refractivity contribution in [1.29, 1.82) is 0 Å². The molecule has 0 spiro atoms. The number of rotatable bonds is 6. The van der Waals surface area contributed by atoms with Crippen LogP contribution in [0.2, 0.25) is 5.02 Å². The lowest BCUT2D eigenvalue weighted by Crippen LogP contribution is -2.41. The molecule has 1 aliphatic rings. The Hall–Kier alpha value is -0.570. The van der Waals surface area contributed by atoms with Gasteiger partial charge >= 0.3 is 0 Å². The van der Waals surface area contributed by atoms with Crippen LogP contribution in [0.3, 0.4) is 0 Å². The first-order valence-corrected chi connectivity index (χ1v) is 8.26. The number of benzene rings is 1. The fourth-order valence-electron chi connectivity index (χ4n) is 3.11. The van der Waals surface area contributed by atoms with Crippen molar-refractivity contribution >= 4 is 11.6 Å². The molecule has 1 N–H and O–H groups in total. The molecule has 1 aromatic rings. The molecule has 1 aromatic carbocycles. The van der Waals surface area contributed by atoms with E-state index in [0.29, 0.717) is 6.04 Å². The lowest BCUT2D eigenvalue weighted by molar-refractivity contribution is 0.167. The average molecular weight is 295 g/mol. The van der Waals surface area contributed by atoms with Gasteiger partial charge in [-0.3, -0.25) is 0 Å². The number of halogens is 1. The largest absolute Gasteiger partial charge is 0.317 e. The molecular weight excluding hydrogens is 268 g/mol. The van der Waals surface area contributed by atoms with Crippen LogP contribution >= 0.6 is 11.6 Å². The number of nitrogens with one attached hydrogen (secondary N) is 1. The quantitative estimate of drug-likeness (QED) is 0.862. The molecule has 0 aromatic heterocycles. The van der Waals surface area contributed by atoms with Crippen molar-refractivity contribution in [3.63, 3.8) is 0 Å². The molecule has 0 bridgehead atoms. The van der Waals surface area contributed by atoms with Gasteiger partial charge < -0.3 is 10.2 Å². The van der Waals surface area contributed by atoms with Crippen molar-refractivity contribution in [2.24, 2.45) is 5.92 Å². The molecule has 112 valence electrons. The van der Waals surface area contributed by atoms with Crippen molar-refractivity contribution in [1.82, 2.24) is 10.2 Å². The Bertz CT molecular complexity index is 384. The molecule has 0 saturated carbocycles. The molecule has 2 rings (SSSR count). The third-order valence-corrected chi connectivity index (χ3v) is 4.68. The SMILES string of the molecule is CCN(CC1CCNCC1)C(C)Cc1ccc(Cl)cc1. The maximum atomic E-state index is 5.95. The van der Waals surface area contributed by atoms with Crippen molar-refractivity contribution < 1.29 is 0 Å². The van der Waals surface area contributed by atoms with Crippen LogP contribution in [-0.2, 0) is 6.42 Å². The summed E-state index contributed by atoms with van der Waals surface area (Å²) in [5.41, 5.74) is 1.38. The second kappa shape index (κ2) is 8.02. The first kappa shape index (κ1) is 15.8. The van der Waals surface area contributed by atoms with Crippen LogP contribution in [0.4, 0.5) is 0 Å². The van der Waals surface area contributed by atoms with Crippen molar-refractivity contribution in [3.8, 4) is 0 Å². The van der Waals surface area contributed by atoms with E-state index in [2.05, 4.69) is 36.2 Å². The van der Waals surface area contributed by atoms with Crippen LogP contribution in [-0.4, -0.2) is 37.1 Å². The lowest BCUT2D eigenvalue weighted by Gasteiger charge is -2.33. The summed E-state index contributed by atoms with van der Waals surface area (Å²) < 4.78 is 0. The zero-order chi connectivity index (χ0) is 14.4. The summed E-state index contributed by atoms with van der Waals surface area (Å²) >= 11 is 5.95. The third-order valence-electron chi connectivity index (χ3n) is 4.43. The van der Waals surface area contributed by atoms with E-state index in [0.717, 1.165) is 23.9 Å². The molecule has 1 fully saturated rings. The summed E-state index contributed by atoms with van der Waals surface area (Å²) in [6.07, 6.45) is 3.75. The predicted octanol–water partition coefficient (Wildman–Crippen LogP) is 3.59. The van der Waals surface area contributed by atoms with Gasteiger partial charge in [-0.2, -0.15) is 0 Å². The second-order valence-corrected chi connectivity index (χ2v) is 6.40. The van der Waals surface area contributed by atoms with Crippen LogP contribution < -0.4 is 5.32 Å². The highest BCUT2D eigenvalue weighted by atomic mass is 35.5. The average Bonchev–Trinajstić information content (AvgIpc) is 2.48. The molecule has 0 aliphatic carbocycles. The molecular formula is C17H27ClN2. The molecule has 1 aliphatic heterocycles. The minimum absolute atomic E-state index is 0.594. The van der Waals surface area contributed by atoms with E-state index in [1.54, 1.807) is 0 Å². The van der Waals surface area contributed by atoms with E-state index in [9.17, 15) is 0 Å². The lowest BCUT2D eigenvalue weighted by atomic mass is 9.96. The van der Waals surface area contributed by atoms with Gasteiger partial charge in [-0.15, -0.1) is 0 Å². The van der Waals surface area contributed by atoms with Crippen molar-refractivity contribution in [2.45, 2.75) is 39.2 Å². The summed E-state index contributed by atoms with van der Waals surface area (Å²) in [5.74, 6) is 0.865. The number of nitrogens with zero attached hydrogens (tertiary/aromatic N) is 1. The Balaban J connectivity index is 1.87. The normalized spacial score (nSPS) is 18.4. The fourth-order valence-corrected chi connectivity index (χ4v) is 3.23.